The molecule has 2 rings (SSSR count). The highest BCUT2D eigenvalue weighted by atomic mass is 32.2. The molecule has 4 nitrogen and oxygen atoms in total. The standard InChI is InChI=1S/C20H27BO4S/c1-14(22)10-16-8-7-9-17(11-16)12-18(13-26-15(2)23)21-24-19(3,4)20(5,6)25-21/h7-9,11-12H,10,13H2,1-6H3. The normalized spacial score (nSPS) is 18.8. The fourth-order valence-electron chi connectivity index (χ4n) is 2.65. The van der Waals surface area contributed by atoms with Crippen LogP contribution in [0.3, 0.4) is 0 Å². The highest BCUT2D eigenvalue weighted by molar-refractivity contribution is 8.13. The third kappa shape index (κ3) is 5.32. The van der Waals surface area contributed by atoms with Crippen molar-refractivity contribution in [3.8, 4) is 0 Å². The Balaban J connectivity index is 2.31. The van der Waals surface area contributed by atoms with E-state index in [0.29, 0.717) is 12.2 Å². The first-order valence-corrected chi connectivity index (χ1v) is 9.76. The summed E-state index contributed by atoms with van der Waals surface area (Å²) in [5, 5.41) is 0.0535. The first kappa shape index (κ1) is 20.9. The Labute approximate surface area is 160 Å². The minimum absolute atomic E-state index is 0.0535. The van der Waals surface area contributed by atoms with Gasteiger partial charge in [0, 0.05) is 19.1 Å². The van der Waals surface area contributed by atoms with E-state index in [0.717, 1.165) is 16.6 Å². The first-order chi connectivity index (χ1) is 12.0. The molecule has 0 saturated carbocycles. The van der Waals surface area contributed by atoms with Crippen LogP contribution in [0.2, 0.25) is 0 Å². The molecule has 1 fully saturated rings. The second kappa shape index (κ2) is 8.11. The topological polar surface area (TPSA) is 52.6 Å². The summed E-state index contributed by atoms with van der Waals surface area (Å²) in [4.78, 5) is 22.8. The lowest BCUT2D eigenvalue weighted by Gasteiger charge is -2.32. The summed E-state index contributed by atoms with van der Waals surface area (Å²) in [6.45, 7) is 11.2. The van der Waals surface area contributed by atoms with E-state index >= 15 is 0 Å². The van der Waals surface area contributed by atoms with Crippen molar-refractivity contribution in [1.29, 1.82) is 0 Å². The molecule has 1 aromatic carbocycles. The second-order valence-electron chi connectivity index (χ2n) is 7.71. The Hall–Kier alpha value is -1.37. The van der Waals surface area contributed by atoms with Crippen molar-refractivity contribution in [2.75, 3.05) is 5.75 Å². The minimum atomic E-state index is -0.497. The molecule has 0 unspecified atom stereocenters. The molecule has 1 heterocycles. The maximum absolute atomic E-state index is 11.5. The Morgan fingerprint density at radius 3 is 2.27 bits per heavy atom. The lowest BCUT2D eigenvalue weighted by molar-refractivity contribution is -0.116. The maximum atomic E-state index is 11.5. The highest BCUT2D eigenvalue weighted by Crippen LogP contribution is 2.39. The summed E-state index contributed by atoms with van der Waals surface area (Å²) in [7, 11) is -0.497. The molecule has 1 saturated heterocycles. The summed E-state index contributed by atoms with van der Waals surface area (Å²) >= 11 is 1.24. The van der Waals surface area contributed by atoms with Crippen molar-refractivity contribution < 1.29 is 18.9 Å². The Morgan fingerprint density at radius 2 is 1.73 bits per heavy atom. The molecule has 0 N–H and O–H groups in total. The lowest BCUT2D eigenvalue weighted by Crippen LogP contribution is -2.41. The molecule has 0 amide bonds. The SMILES string of the molecule is CC(=O)Cc1cccc(C=C(CSC(C)=O)B2OC(C)(C)C(C)(C)O2)c1. The van der Waals surface area contributed by atoms with Crippen molar-refractivity contribution >= 4 is 35.9 Å². The van der Waals surface area contributed by atoms with Crippen LogP contribution in [0.15, 0.2) is 29.7 Å². The van der Waals surface area contributed by atoms with E-state index in [4.69, 9.17) is 9.31 Å². The van der Waals surface area contributed by atoms with Gasteiger partial charge in [0.1, 0.15) is 5.78 Å². The predicted octanol–water partition coefficient (Wildman–Crippen LogP) is 4.11. The van der Waals surface area contributed by atoms with Crippen LogP contribution >= 0.6 is 11.8 Å². The molecule has 1 aliphatic heterocycles. The monoisotopic (exact) mass is 374 g/mol. The average Bonchev–Trinajstić information content (AvgIpc) is 2.71. The van der Waals surface area contributed by atoms with Gasteiger partial charge in [-0.25, -0.2) is 0 Å². The number of Topliss-reactive ketones (excluding diaryl/α,β-unsaturated/α-hetero) is 1. The van der Waals surface area contributed by atoms with Crippen molar-refractivity contribution in [2.45, 2.75) is 59.2 Å². The number of benzene rings is 1. The Kier molecular flexibility index (Phi) is 6.53. The van der Waals surface area contributed by atoms with Crippen molar-refractivity contribution in [1.82, 2.24) is 0 Å². The van der Waals surface area contributed by atoms with Gasteiger partial charge in [0.25, 0.3) is 0 Å². The number of carbonyl (C=O) groups is 2. The van der Waals surface area contributed by atoms with Gasteiger partial charge in [-0.2, -0.15) is 0 Å². The molecule has 1 aromatic rings. The van der Waals surface area contributed by atoms with Gasteiger partial charge in [0.15, 0.2) is 5.12 Å². The van der Waals surface area contributed by atoms with E-state index in [1.54, 1.807) is 13.8 Å². The van der Waals surface area contributed by atoms with Crippen LogP contribution in [-0.4, -0.2) is 35.0 Å². The molecule has 0 atom stereocenters. The van der Waals surface area contributed by atoms with Gasteiger partial charge in [-0.1, -0.05) is 42.1 Å². The third-order valence-corrected chi connectivity index (χ3v) is 5.64. The predicted molar refractivity (Wildman–Crippen MR) is 108 cm³/mol. The first-order valence-electron chi connectivity index (χ1n) is 8.78. The van der Waals surface area contributed by atoms with Crippen LogP contribution in [0.25, 0.3) is 6.08 Å². The van der Waals surface area contributed by atoms with E-state index in [-0.39, 0.29) is 10.9 Å². The fourth-order valence-corrected chi connectivity index (χ4v) is 3.24. The van der Waals surface area contributed by atoms with Gasteiger partial charge in [-0.05, 0) is 51.2 Å². The molecule has 0 spiro atoms. The average molecular weight is 374 g/mol. The van der Waals surface area contributed by atoms with Crippen LogP contribution < -0.4 is 0 Å². The van der Waals surface area contributed by atoms with Crippen LogP contribution in [0.5, 0.6) is 0 Å². The Bertz CT molecular complexity index is 708. The maximum Gasteiger partial charge on any atom is 0.491 e. The zero-order valence-electron chi connectivity index (χ0n) is 16.4. The van der Waals surface area contributed by atoms with Crippen molar-refractivity contribution in [2.24, 2.45) is 0 Å². The van der Waals surface area contributed by atoms with Crippen LogP contribution in [0.1, 0.15) is 52.7 Å². The van der Waals surface area contributed by atoms with Gasteiger partial charge in [-0.3, -0.25) is 9.59 Å². The minimum Gasteiger partial charge on any atom is -0.400 e. The number of rotatable bonds is 6. The summed E-state index contributed by atoms with van der Waals surface area (Å²) in [5.74, 6) is 0.632. The number of ketones is 1. The number of hydrogen-bond donors (Lipinski definition) is 0. The molecule has 1 aliphatic rings. The van der Waals surface area contributed by atoms with Crippen molar-refractivity contribution in [3.05, 3.63) is 40.9 Å². The van der Waals surface area contributed by atoms with E-state index in [9.17, 15) is 9.59 Å². The third-order valence-electron chi connectivity index (χ3n) is 4.75. The van der Waals surface area contributed by atoms with Gasteiger partial charge in [-0.15, -0.1) is 0 Å². The van der Waals surface area contributed by atoms with Crippen LogP contribution in [0.4, 0.5) is 0 Å². The number of thioether (sulfide) groups is 1. The molecule has 0 aliphatic carbocycles. The number of carbonyl (C=O) groups excluding carboxylic acids is 2. The lowest BCUT2D eigenvalue weighted by atomic mass is 9.78. The quantitative estimate of drug-likeness (QED) is 0.702. The fraction of sp³-hybridized carbons (Fsp3) is 0.500. The van der Waals surface area contributed by atoms with E-state index in [1.165, 1.54) is 11.8 Å². The van der Waals surface area contributed by atoms with Crippen LogP contribution in [-0.2, 0) is 25.3 Å². The Morgan fingerprint density at radius 1 is 1.12 bits per heavy atom. The zero-order chi connectivity index (χ0) is 19.5. The van der Waals surface area contributed by atoms with Crippen molar-refractivity contribution in [3.63, 3.8) is 0 Å². The molecular formula is C20H27BO4S. The molecule has 140 valence electrons. The van der Waals surface area contributed by atoms with E-state index in [2.05, 4.69) is 0 Å². The highest BCUT2D eigenvalue weighted by Gasteiger charge is 2.52. The summed E-state index contributed by atoms with van der Waals surface area (Å²) < 4.78 is 12.3. The van der Waals surface area contributed by atoms with Crippen LogP contribution in [0, 0.1) is 0 Å². The molecule has 0 bridgehead atoms. The summed E-state index contributed by atoms with van der Waals surface area (Å²) in [6, 6.07) is 7.85. The molecule has 6 heteroatoms. The molecule has 26 heavy (non-hydrogen) atoms. The zero-order valence-corrected chi connectivity index (χ0v) is 17.2. The van der Waals surface area contributed by atoms with Gasteiger partial charge in [0.2, 0.25) is 0 Å². The van der Waals surface area contributed by atoms with Gasteiger partial charge in [0.05, 0.1) is 11.2 Å². The number of hydrogen-bond acceptors (Lipinski definition) is 5. The molecule has 0 radical (unpaired) electrons. The van der Waals surface area contributed by atoms with Gasteiger partial charge >= 0.3 is 7.12 Å². The second-order valence-corrected chi connectivity index (χ2v) is 8.86. The molecular weight excluding hydrogens is 347 g/mol. The van der Waals surface area contributed by atoms with E-state index < -0.39 is 18.3 Å². The summed E-state index contributed by atoms with van der Waals surface area (Å²) in [5.41, 5.74) is 1.97. The molecule has 0 aromatic heterocycles. The summed E-state index contributed by atoms with van der Waals surface area (Å²) in [6.07, 6.45) is 2.41. The largest absolute Gasteiger partial charge is 0.491 e. The van der Waals surface area contributed by atoms with E-state index in [1.807, 2.05) is 58.0 Å². The van der Waals surface area contributed by atoms with Gasteiger partial charge < -0.3 is 9.31 Å². The smallest absolute Gasteiger partial charge is 0.400 e.